The molecule has 1 aliphatic heterocycles. The van der Waals surface area contributed by atoms with Crippen molar-refractivity contribution < 1.29 is 22.7 Å². The van der Waals surface area contributed by atoms with Gasteiger partial charge in [0.1, 0.15) is 6.10 Å². The Labute approximate surface area is 165 Å². The SMILES string of the molecule is Cc1ccc([C@H]2Cn3nc(C(=O)Nc4cccc(C(F)(F)F)c4)cc3CO2)cc1. The zero-order chi connectivity index (χ0) is 20.6. The van der Waals surface area contributed by atoms with Gasteiger partial charge >= 0.3 is 6.18 Å². The average Bonchev–Trinajstić information content (AvgIpc) is 3.12. The van der Waals surface area contributed by atoms with Gasteiger partial charge in [0.05, 0.1) is 24.4 Å². The van der Waals surface area contributed by atoms with Crippen LogP contribution >= 0.6 is 0 Å². The van der Waals surface area contributed by atoms with Gasteiger partial charge in [0.25, 0.3) is 5.91 Å². The van der Waals surface area contributed by atoms with E-state index in [0.29, 0.717) is 13.2 Å². The summed E-state index contributed by atoms with van der Waals surface area (Å²) in [7, 11) is 0. The zero-order valence-electron chi connectivity index (χ0n) is 15.5. The van der Waals surface area contributed by atoms with Crippen LogP contribution in [0.4, 0.5) is 18.9 Å². The molecule has 0 fully saturated rings. The number of ether oxygens (including phenoxy) is 1. The van der Waals surface area contributed by atoms with Crippen molar-refractivity contribution >= 4 is 11.6 Å². The Kier molecular flexibility index (Phi) is 4.87. The first-order chi connectivity index (χ1) is 13.8. The summed E-state index contributed by atoms with van der Waals surface area (Å²) < 4.78 is 46.1. The fourth-order valence-electron chi connectivity index (χ4n) is 3.19. The number of nitrogens with zero attached hydrogens (tertiary/aromatic N) is 2. The van der Waals surface area contributed by atoms with E-state index in [1.165, 1.54) is 12.1 Å². The van der Waals surface area contributed by atoms with Gasteiger partial charge in [0.15, 0.2) is 5.69 Å². The van der Waals surface area contributed by atoms with Crippen LogP contribution in [0.1, 0.15) is 39.0 Å². The normalized spacial score (nSPS) is 16.3. The Morgan fingerprint density at radius 3 is 2.66 bits per heavy atom. The third-order valence-corrected chi connectivity index (χ3v) is 4.76. The van der Waals surface area contributed by atoms with Crippen LogP contribution in [0.15, 0.2) is 54.6 Å². The first-order valence-electron chi connectivity index (χ1n) is 9.03. The number of carbonyl (C=O) groups is 1. The van der Waals surface area contributed by atoms with Crippen molar-refractivity contribution in [1.29, 1.82) is 0 Å². The Morgan fingerprint density at radius 2 is 1.93 bits per heavy atom. The first-order valence-corrected chi connectivity index (χ1v) is 9.03. The summed E-state index contributed by atoms with van der Waals surface area (Å²) in [6.07, 6.45) is -4.65. The fourth-order valence-corrected chi connectivity index (χ4v) is 3.19. The molecule has 8 heteroatoms. The van der Waals surface area contributed by atoms with Crippen molar-refractivity contribution in [3.8, 4) is 0 Å². The number of carbonyl (C=O) groups excluding carboxylic acids is 1. The van der Waals surface area contributed by atoms with Crippen molar-refractivity contribution in [1.82, 2.24) is 9.78 Å². The number of anilines is 1. The number of amides is 1. The van der Waals surface area contributed by atoms with Crippen LogP contribution < -0.4 is 5.32 Å². The Morgan fingerprint density at radius 1 is 1.17 bits per heavy atom. The van der Waals surface area contributed by atoms with Gasteiger partial charge in [-0.2, -0.15) is 18.3 Å². The largest absolute Gasteiger partial charge is 0.416 e. The lowest BCUT2D eigenvalue weighted by Gasteiger charge is -2.24. The van der Waals surface area contributed by atoms with Crippen molar-refractivity contribution in [2.75, 3.05) is 5.32 Å². The molecular formula is C21H18F3N3O2. The smallest absolute Gasteiger partial charge is 0.365 e. The fraction of sp³-hybridized carbons (Fsp3) is 0.238. The van der Waals surface area contributed by atoms with Crippen molar-refractivity contribution in [3.63, 3.8) is 0 Å². The summed E-state index contributed by atoms with van der Waals surface area (Å²) >= 11 is 0. The second-order valence-electron chi connectivity index (χ2n) is 6.95. The molecule has 29 heavy (non-hydrogen) atoms. The van der Waals surface area contributed by atoms with Crippen LogP contribution in [0.2, 0.25) is 0 Å². The number of aryl methyl sites for hydroxylation is 1. The van der Waals surface area contributed by atoms with Crippen LogP contribution in [-0.2, 0) is 24.1 Å². The molecule has 0 bridgehead atoms. The minimum absolute atomic E-state index is 0.0598. The monoisotopic (exact) mass is 401 g/mol. The number of hydrogen-bond donors (Lipinski definition) is 1. The number of halogens is 3. The second-order valence-corrected chi connectivity index (χ2v) is 6.95. The summed E-state index contributed by atoms with van der Waals surface area (Å²) in [4.78, 5) is 12.5. The summed E-state index contributed by atoms with van der Waals surface area (Å²) in [5, 5.41) is 6.79. The number of fused-ring (bicyclic) bond motifs is 1. The van der Waals surface area contributed by atoms with Gasteiger partial charge in [0.2, 0.25) is 0 Å². The maximum absolute atomic E-state index is 12.8. The zero-order valence-corrected chi connectivity index (χ0v) is 15.5. The lowest BCUT2D eigenvalue weighted by molar-refractivity contribution is -0.137. The predicted molar refractivity (Wildman–Crippen MR) is 100 cm³/mol. The molecule has 150 valence electrons. The summed E-state index contributed by atoms with van der Waals surface area (Å²) in [6.45, 7) is 2.75. The van der Waals surface area contributed by atoms with Crippen LogP contribution in [0.5, 0.6) is 0 Å². The van der Waals surface area contributed by atoms with Gasteiger partial charge in [-0.25, -0.2) is 0 Å². The third kappa shape index (κ3) is 4.17. The highest BCUT2D eigenvalue weighted by Crippen LogP contribution is 2.31. The molecule has 1 aromatic heterocycles. The highest BCUT2D eigenvalue weighted by molar-refractivity contribution is 6.03. The van der Waals surface area contributed by atoms with Crippen LogP contribution in [0, 0.1) is 6.92 Å². The van der Waals surface area contributed by atoms with Gasteiger partial charge in [-0.05, 0) is 36.8 Å². The molecule has 0 unspecified atom stereocenters. The molecule has 1 aliphatic rings. The van der Waals surface area contributed by atoms with E-state index < -0.39 is 17.6 Å². The number of nitrogens with one attached hydrogen (secondary N) is 1. The quantitative estimate of drug-likeness (QED) is 0.690. The van der Waals surface area contributed by atoms with E-state index in [2.05, 4.69) is 10.4 Å². The maximum atomic E-state index is 12.8. The van der Waals surface area contributed by atoms with E-state index >= 15 is 0 Å². The molecule has 0 saturated heterocycles. The van der Waals surface area contributed by atoms with Crippen molar-refractivity contribution in [2.24, 2.45) is 0 Å². The molecule has 2 heterocycles. The third-order valence-electron chi connectivity index (χ3n) is 4.76. The van der Waals surface area contributed by atoms with E-state index in [9.17, 15) is 18.0 Å². The Hall–Kier alpha value is -3.13. The molecule has 0 radical (unpaired) electrons. The van der Waals surface area contributed by atoms with Crippen LogP contribution in [0.3, 0.4) is 0 Å². The van der Waals surface area contributed by atoms with Gasteiger partial charge in [-0.1, -0.05) is 35.9 Å². The van der Waals surface area contributed by atoms with E-state index in [0.717, 1.165) is 29.0 Å². The molecule has 0 saturated carbocycles. The number of benzene rings is 2. The van der Waals surface area contributed by atoms with Gasteiger partial charge in [-0.3, -0.25) is 9.48 Å². The molecule has 0 spiro atoms. The van der Waals surface area contributed by atoms with E-state index in [1.807, 2.05) is 31.2 Å². The minimum atomic E-state index is -4.48. The molecule has 1 N–H and O–H groups in total. The maximum Gasteiger partial charge on any atom is 0.416 e. The lowest BCUT2D eigenvalue weighted by Crippen LogP contribution is -2.22. The number of alkyl halides is 3. The standard InChI is InChI=1S/C21H18F3N3O2/c1-13-5-7-14(8-6-13)19-11-27-17(12-29-19)10-18(26-27)20(28)25-16-4-2-3-15(9-16)21(22,23)24/h2-10,19H,11-12H2,1H3,(H,25,28)/t19-/m1/s1. The topological polar surface area (TPSA) is 56.2 Å². The van der Waals surface area contributed by atoms with Gasteiger partial charge in [0, 0.05) is 5.69 Å². The molecule has 5 nitrogen and oxygen atoms in total. The lowest BCUT2D eigenvalue weighted by atomic mass is 10.1. The molecule has 0 aliphatic carbocycles. The number of rotatable bonds is 3. The molecule has 1 amide bonds. The summed E-state index contributed by atoms with van der Waals surface area (Å²) in [5.74, 6) is -0.571. The van der Waals surface area contributed by atoms with Crippen LogP contribution in [-0.4, -0.2) is 15.7 Å². The van der Waals surface area contributed by atoms with Crippen molar-refractivity contribution in [2.45, 2.75) is 32.4 Å². The summed E-state index contributed by atoms with van der Waals surface area (Å²) in [6, 6.07) is 14.1. The van der Waals surface area contributed by atoms with E-state index in [1.54, 1.807) is 10.7 Å². The van der Waals surface area contributed by atoms with Gasteiger partial charge < -0.3 is 10.1 Å². The summed E-state index contributed by atoms with van der Waals surface area (Å²) in [5.41, 5.74) is 2.27. The van der Waals surface area contributed by atoms with Gasteiger partial charge in [-0.15, -0.1) is 0 Å². The van der Waals surface area contributed by atoms with Crippen LogP contribution in [0.25, 0.3) is 0 Å². The molecule has 4 rings (SSSR count). The Bertz CT molecular complexity index is 1040. The van der Waals surface area contributed by atoms with E-state index in [-0.39, 0.29) is 17.5 Å². The molecule has 2 aromatic carbocycles. The predicted octanol–water partition coefficient (Wildman–Crippen LogP) is 4.73. The first kappa shape index (κ1) is 19.2. The minimum Gasteiger partial charge on any atom is -0.365 e. The number of aromatic nitrogens is 2. The van der Waals surface area contributed by atoms with Crippen molar-refractivity contribution in [3.05, 3.63) is 82.7 Å². The highest BCUT2D eigenvalue weighted by atomic mass is 19.4. The molecular weight excluding hydrogens is 383 g/mol. The molecule has 3 aromatic rings. The van der Waals surface area contributed by atoms with E-state index in [4.69, 9.17) is 4.74 Å². The number of hydrogen-bond acceptors (Lipinski definition) is 3. The Balaban J connectivity index is 1.49. The highest BCUT2D eigenvalue weighted by Gasteiger charge is 2.30. The molecule has 1 atom stereocenters. The second kappa shape index (κ2) is 7.36. The average molecular weight is 401 g/mol.